The predicted molar refractivity (Wildman–Crippen MR) is 52.9 cm³/mol. The molecule has 6 heteroatoms. The monoisotopic (exact) mass is 214 g/mol. The van der Waals surface area contributed by atoms with Gasteiger partial charge in [0.1, 0.15) is 0 Å². The van der Waals surface area contributed by atoms with Gasteiger partial charge in [0, 0.05) is 0 Å². The normalized spacial score (nSPS) is 7.27. The van der Waals surface area contributed by atoms with E-state index in [1.54, 1.807) is 0 Å². The van der Waals surface area contributed by atoms with E-state index in [1.807, 2.05) is 0 Å². The number of unbranched alkanes of at least 4 members (excludes halogenated alkanes) is 2. The highest BCUT2D eigenvalue weighted by Crippen LogP contribution is 1.94. The molecule has 0 spiro atoms. The van der Waals surface area contributed by atoms with Crippen molar-refractivity contribution in [3.8, 4) is 0 Å². The lowest BCUT2D eigenvalue weighted by molar-refractivity contribution is -0.126. The smallest absolute Gasteiger partial charge is 0.292 e. The van der Waals surface area contributed by atoms with Crippen molar-refractivity contribution in [2.75, 3.05) is 20.2 Å². The van der Waals surface area contributed by atoms with Gasteiger partial charge in [-0.25, -0.2) is 19.6 Å². The van der Waals surface area contributed by atoms with E-state index < -0.39 is 0 Å². The number of methoxy groups -OCH3 is 1. The number of carbonyl (C=O) groups excluding carboxylic acids is 3. The molecule has 0 heterocycles. The van der Waals surface area contributed by atoms with Crippen molar-refractivity contribution in [2.45, 2.75) is 19.3 Å². The number of hydrogen-bond donors (Lipinski definition) is 0. The van der Waals surface area contributed by atoms with Crippen molar-refractivity contribution in [3.05, 3.63) is 0 Å². The molecule has 0 radical (unpaired) electrons. The number of ether oxygens (including phenoxy) is 1. The van der Waals surface area contributed by atoms with E-state index >= 15 is 0 Å². The minimum absolute atomic E-state index is 0.375. The Labute approximate surface area is 88.1 Å². The molecule has 0 saturated carbocycles. The number of isocyanates is 2. The third-order valence-corrected chi connectivity index (χ3v) is 1.27. The maximum absolute atomic E-state index is 9.58. The molecule has 0 atom stereocenters. The number of aliphatic imine (C=N–C) groups is 2. The molecule has 0 N–H and O–H groups in total. The van der Waals surface area contributed by atoms with Gasteiger partial charge in [-0.1, -0.05) is 0 Å². The lowest BCUT2D eigenvalue weighted by Crippen LogP contribution is -1.84. The Morgan fingerprint density at radius 1 is 1.07 bits per heavy atom. The van der Waals surface area contributed by atoms with Gasteiger partial charge in [-0.2, -0.15) is 0 Å². The van der Waals surface area contributed by atoms with Crippen LogP contribution in [0.4, 0.5) is 0 Å². The Morgan fingerprint density at radius 3 is 1.73 bits per heavy atom. The van der Waals surface area contributed by atoms with Crippen LogP contribution in [0.3, 0.4) is 0 Å². The first-order valence-corrected chi connectivity index (χ1v) is 4.37. The summed E-state index contributed by atoms with van der Waals surface area (Å²) in [6.07, 6.45) is 5.55. The molecule has 0 bridgehead atoms. The standard InChI is InChI=1S/C7H10N2O2.C2H4O2/c10-6-8-4-2-1-3-5-9-7-11;1-4-2-3/h1-5H2;2H,1H3. The minimum Gasteiger partial charge on any atom is -0.471 e. The molecular formula is C9H14N2O4. The fourth-order valence-electron chi connectivity index (χ4n) is 0.650. The maximum atomic E-state index is 9.58. The van der Waals surface area contributed by atoms with Gasteiger partial charge in [0.15, 0.2) is 0 Å². The van der Waals surface area contributed by atoms with Gasteiger partial charge in [-0.15, -0.1) is 0 Å². The van der Waals surface area contributed by atoms with Crippen molar-refractivity contribution in [3.63, 3.8) is 0 Å². The van der Waals surface area contributed by atoms with Crippen molar-refractivity contribution in [1.29, 1.82) is 0 Å². The van der Waals surface area contributed by atoms with Gasteiger partial charge in [0.2, 0.25) is 12.2 Å². The third kappa shape index (κ3) is 24.5. The summed E-state index contributed by atoms with van der Waals surface area (Å²) in [6.45, 7) is 1.42. The largest absolute Gasteiger partial charge is 0.471 e. The van der Waals surface area contributed by atoms with E-state index in [2.05, 4.69) is 14.7 Å². The summed E-state index contributed by atoms with van der Waals surface area (Å²) in [5, 5.41) is 0. The summed E-state index contributed by atoms with van der Waals surface area (Å²) >= 11 is 0. The third-order valence-electron chi connectivity index (χ3n) is 1.27. The summed E-state index contributed by atoms with van der Waals surface area (Å²) < 4.78 is 3.86. The minimum atomic E-state index is 0.375. The van der Waals surface area contributed by atoms with Crippen LogP contribution >= 0.6 is 0 Å². The topological polar surface area (TPSA) is 85.2 Å². The second-order valence-corrected chi connectivity index (χ2v) is 2.34. The lowest BCUT2D eigenvalue weighted by Gasteiger charge is -1.90. The van der Waals surface area contributed by atoms with Gasteiger partial charge in [0.05, 0.1) is 20.2 Å². The van der Waals surface area contributed by atoms with E-state index in [0.717, 1.165) is 19.3 Å². The highest BCUT2D eigenvalue weighted by molar-refractivity contribution is 5.36. The molecule has 15 heavy (non-hydrogen) atoms. The van der Waals surface area contributed by atoms with Crippen LogP contribution in [0.5, 0.6) is 0 Å². The molecule has 0 rings (SSSR count). The summed E-state index contributed by atoms with van der Waals surface area (Å²) in [5.41, 5.74) is 0. The summed E-state index contributed by atoms with van der Waals surface area (Å²) in [5.74, 6) is 0. The molecule has 0 aliphatic rings. The molecule has 0 amide bonds. The zero-order valence-electron chi connectivity index (χ0n) is 8.64. The molecule has 0 aromatic carbocycles. The van der Waals surface area contributed by atoms with Crippen LogP contribution in [-0.2, 0) is 19.1 Å². The summed E-state index contributed by atoms with van der Waals surface area (Å²) in [4.78, 5) is 34.9. The van der Waals surface area contributed by atoms with Crippen LogP contribution in [0.2, 0.25) is 0 Å². The lowest BCUT2D eigenvalue weighted by atomic mass is 10.2. The predicted octanol–water partition coefficient (Wildman–Crippen LogP) is 0.617. The fraction of sp³-hybridized carbons (Fsp3) is 0.667. The number of hydrogen-bond acceptors (Lipinski definition) is 6. The highest BCUT2D eigenvalue weighted by Gasteiger charge is 1.85. The highest BCUT2D eigenvalue weighted by atomic mass is 16.5. The molecule has 0 saturated heterocycles. The first-order valence-electron chi connectivity index (χ1n) is 4.37. The van der Waals surface area contributed by atoms with Gasteiger partial charge in [-0.05, 0) is 19.3 Å². The van der Waals surface area contributed by atoms with Crippen molar-refractivity contribution in [2.24, 2.45) is 9.98 Å². The van der Waals surface area contributed by atoms with Crippen LogP contribution in [-0.4, -0.2) is 38.8 Å². The van der Waals surface area contributed by atoms with Crippen molar-refractivity contribution >= 4 is 18.6 Å². The second kappa shape index (κ2) is 18.1. The molecule has 0 unspecified atom stereocenters. The van der Waals surface area contributed by atoms with Gasteiger partial charge < -0.3 is 4.74 Å². The molecule has 0 aromatic rings. The maximum Gasteiger partial charge on any atom is 0.292 e. The van der Waals surface area contributed by atoms with E-state index in [-0.39, 0.29) is 0 Å². The molecule has 0 aliphatic heterocycles. The van der Waals surface area contributed by atoms with E-state index in [0.29, 0.717) is 19.6 Å². The number of nitrogens with zero attached hydrogens (tertiary/aromatic N) is 2. The average Bonchev–Trinajstić information content (AvgIpc) is 2.28. The Kier molecular flexibility index (Phi) is 18.9. The molecule has 0 fully saturated rings. The Balaban J connectivity index is 0. The van der Waals surface area contributed by atoms with Crippen LogP contribution in [0.25, 0.3) is 0 Å². The summed E-state index contributed by atoms with van der Waals surface area (Å²) in [6, 6.07) is 0. The zero-order valence-corrected chi connectivity index (χ0v) is 8.64. The van der Waals surface area contributed by atoms with E-state index in [9.17, 15) is 9.59 Å². The quantitative estimate of drug-likeness (QED) is 0.269. The van der Waals surface area contributed by atoms with Crippen molar-refractivity contribution in [1.82, 2.24) is 0 Å². The molecule has 0 aromatic heterocycles. The Bertz CT molecular complexity index is 210. The first kappa shape index (κ1) is 15.7. The number of carbonyl (C=O) groups is 1. The van der Waals surface area contributed by atoms with Crippen LogP contribution < -0.4 is 0 Å². The van der Waals surface area contributed by atoms with Crippen molar-refractivity contribution < 1.29 is 19.1 Å². The Morgan fingerprint density at radius 2 is 1.47 bits per heavy atom. The van der Waals surface area contributed by atoms with E-state index in [1.165, 1.54) is 19.3 Å². The molecule has 84 valence electrons. The second-order valence-electron chi connectivity index (χ2n) is 2.34. The Hall–Kier alpha value is -1.77. The first-order chi connectivity index (χ1) is 7.33. The fourth-order valence-corrected chi connectivity index (χ4v) is 0.650. The van der Waals surface area contributed by atoms with Gasteiger partial charge in [0.25, 0.3) is 6.47 Å². The molecular weight excluding hydrogens is 200 g/mol. The molecule has 0 aliphatic carbocycles. The van der Waals surface area contributed by atoms with Crippen LogP contribution in [0.1, 0.15) is 19.3 Å². The van der Waals surface area contributed by atoms with Gasteiger partial charge in [-0.3, -0.25) is 4.79 Å². The zero-order chi connectivity index (χ0) is 11.8. The average molecular weight is 214 g/mol. The molecule has 6 nitrogen and oxygen atoms in total. The number of rotatable bonds is 7. The SMILES string of the molecule is COC=O.O=C=NCCCCCN=C=O. The van der Waals surface area contributed by atoms with E-state index in [4.69, 9.17) is 4.79 Å². The van der Waals surface area contributed by atoms with Crippen LogP contribution in [0, 0.1) is 0 Å². The van der Waals surface area contributed by atoms with Gasteiger partial charge >= 0.3 is 0 Å². The van der Waals surface area contributed by atoms with Crippen LogP contribution in [0.15, 0.2) is 9.98 Å². The summed E-state index contributed by atoms with van der Waals surface area (Å²) in [7, 11) is 1.31.